The highest BCUT2D eigenvalue weighted by Crippen LogP contribution is 2.37. The molecule has 0 spiro atoms. The molecule has 33 heavy (non-hydrogen) atoms. The van der Waals surface area contributed by atoms with Crippen LogP contribution in [0.15, 0.2) is 36.9 Å². The number of aromatic nitrogens is 3. The first-order chi connectivity index (χ1) is 15.9. The monoisotopic (exact) mass is 487 g/mol. The van der Waals surface area contributed by atoms with Crippen LogP contribution in [0.4, 0.5) is 5.82 Å². The fourth-order valence-corrected chi connectivity index (χ4v) is 5.35. The van der Waals surface area contributed by atoms with Gasteiger partial charge in [0.25, 0.3) is 0 Å². The number of carbonyl (C=O) groups is 2. The number of anilines is 1. The van der Waals surface area contributed by atoms with E-state index in [0.717, 1.165) is 30.3 Å². The lowest BCUT2D eigenvalue weighted by atomic mass is 10.1. The van der Waals surface area contributed by atoms with Gasteiger partial charge in [-0.1, -0.05) is 23.2 Å². The van der Waals surface area contributed by atoms with Gasteiger partial charge in [-0.2, -0.15) is 0 Å². The number of pyridine rings is 1. The number of carbonyl (C=O) groups excluding carboxylic acids is 1. The molecule has 1 N–H and O–H groups in total. The molecule has 5 rings (SSSR count). The Morgan fingerprint density at radius 2 is 1.97 bits per heavy atom. The van der Waals surface area contributed by atoms with E-state index in [0.29, 0.717) is 40.9 Å². The molecule has 0 radical (unpaired) electrons. The van der Waals surface area contributed by atoms with Crippen molar-refractivity contribution in [2.75, 3.05) is 18.0 Å². The molecule has 1 aromatic carbocycles. The molecular formula is C23H23Cl2N5O3. The van der Waals surface area contributed by atoms with E-state index in [1.807, 2.05) is 27.8 Å². The summed E-state index contributed by atoms with van der Waals surface area (Å²) in [6.45, 7) is 1.27. The number of carboxylic acid groups (broad SMARTS) is 1. The van der Waals surface area contributed by atoms with Gasteiger partial charge in [-0.05, 0) is 37.8 Å². The van der Waals surface area contributed by atoms with E-state index in [1.165, 1.54) is 0 Å². The van der Waals surface area contributed by atoms with Crippen molar-refractivity contribution in [3.05, 3.63) is 47.0 Å². The minimum absolute atomic E-state index is 0.0223. The number of hydrogen-bond acceptors (Lipinski definition) is 5. The van der Waals surface area contributed by atoms with Gasteiger partial charge in [0.2, 0.25) is 5.91 Å². The van der Waals surface area contributed by atoms with Gasteiger partial charge in [0.05, 0.1) is 34.0 Å². The molecule has 172 valence electrons. The van der Waals surface area contributed by atoms with Crippen molar-refractivity contribution in [2.24, 2.45) is 0 Å². The lowest BCUT2D eigenvalue weighted by Crippen LogP contribution is -2.48. The van der Waals surface area contributed by atoms with Crippen molar-refractivity contribution < 1.29 is 14.7 Å². The third-order valence-electron chi connectivity index (χ3n) is 6.52. The number of nitrogens with zero attached hydrogens (tertiary/aromatic N) is 5. The van der Waals surface area contributed by atoms with Crippen molar-refractivity contribution in [1.82, 2.24) is 19.4 Å². The van der Waals surface area contributed by atoms with E-state index in [2.05, 4.69) is 4.98 Å². The number of hydrogen-bond donors (Lipinski definition) is 1. The standard InChI is InChI=1S/C23H23Cl2N5O3/c24-16-6-5-15-18(28-10-7-26-13-28)12-19(27-22(15)21(16)25)30-9-2-4-17(30)23(33)29-8-1-3-14(29)11-20(31)32/h5-7,10,12-14,17H,1-4,8-9,11H2,(H,31,32)/t14-,17-/m0/s1. The summed E-state index contributed by atoms with van der Waals surface area (Å²) in [6, 6.07) is 4.92. The molecule has 1 amide bonds. The third kappa shape index (κ3) is 4.02. The minimum Gasteiger partial charge on any atom is -0.481 e. The third-order valence-corrected chi connectivity index (χ3v) is 7.32. The highest BCUT2D eigenvalue weighted by molar-refractivity contribution is 6.45. The summed E-state index contributed by atoms with van der Waals surface area (Å²) in [7, 11) is 0. The van der Waals surface area contributed by atoms with Gasteiger partial charge in [-0.15, -0.1) is 0 Å². The van der Waals surface area contributed by atoms with Crippen LogP contribution in [-0.4, -0.2) is 61.6 Å². The van der Waals surface area contributed by atoms with Crippen molar-refractivity contribution in [2.45, 2.75) is 44.2 Å². The summed E-state index contributed by atoms with van der Waals surface area (Å²) in [5, 5.41) is 10.8. The molecule has 0 saturated carbocycles. The first-order valence-corrected chi connectivity index (χ1v) is 11.8. The molecule has 8 nitrogen and oxygen atoms in total. The maximum absolute atomic E-state index is 13.5. The number of amides is 1. The molecule has 2 aromatic heterocycles. The lowest BCUT2D eigenvalue weighted by molar-refractivity contribution is -0.140. The van der Waals surface area contributed by atoms with Gasteiger partial charge in [0, 0.05) is 43.0 Å². The first-order valence-electron chi connectivity index (χ1n) is 11.0. The summed E-state index contributed by atoms with van der Waals surface area (Å²) >= 11 is 12.8. The molecule has 2 fully saturated rings. The van der Waals surface area contributed by atoms with Gasteiger partial charge in [-0.25, -0.2) is 9.97 Å². The summed E-state index contributed by atoms with van der Waals surface area (Å²) in [5.74, 6) is -0.268. The number of imidazole rings is 1. The van der Waals surface area contributed by atoms with E-state index < -0.39 is 12.0 Å². The van der Waals surface area contributed by atoms with Crippen molar-refractivity contribution in [1.29, 1.82) is 0 Å². The van der Waals surface area contributed by atoms with Crippen molar-refractivity contribution >= 4 is 51.8 Å². The highest BCUT2D eigenvalue weighted by atomic mass is 35.5. The van der Waals surface area contributed by atoms with Crippen LogP contribution in [0, 0.1) is 0 Å². The number of carboxylic acids is 1. The molecule has 2 atom stereocenters. The second kappa shape index (κ2) is 8.83. The molecule has 3 aromatic rings. The summed E-state index contributed by atoms with van der Waals surface area (Å²) in [6.07, 6.45) is 8.30. The van der Waals surface area contributed by atoms with Crippen LogP contribution in [0.25, 0.3) is 16.6 Å². The molecular weight excluding hydrogens is 465 g/mol. The summed E-state index contributed by atoms with van der Waals surface area (Å²) in [5.41, 5.74) is 1.41. The Kier molecular flexibility index (Phi) is 5.88. The fraction of sp³-hybridized carbons (Fsp3) is 0.391. The van der Waals surface area contributed by atoms with Gasteiger partial charge >= 0.3 is 5.97 Å². The number of rotatable bonds is 5. The molecule has 0 aliphatic carbocycles. The molecule has 2 aliphatic rings. The molecule has 10 heteroatoms. The normalized spacial score (nSPS) is 20.7. The average Bonchev–Trinajstić information content (AvgIpc) is 3.56. The van der Waals surface area contributed by atoms with Gasteiger partial charge in [-0.3, -0.25) is 9.59 Å². The predicted molar refractivity (Wildman–Crippen MR) is 126 cm³/mol. The van der Waals surface area contributed by atoms with Crippen LogP contribution in [0.1, 0.15) is 32.1 Å². The Labute approximate surface area is 200 Å². The minimum atomic E-state index is -0.879. The zero-order chi connectivity index (χ0) is 23.1. The zero-order valence-electron chi connectivity index (χ0n) is 17.8. The molecule has 0 unspecified atom stereocenters. The Hall–Kier alpha value is -2.84. The number of halogens is 2. The second-order valence-electron chi connectivity index (χ2n) is 8.50. The van der Waals surface area contributed by atoms with Crippen LogP contribution in [-0.2, 0) is 9.59 Å². The number of benzene rings is 1. The van der Waals surface area contributed by atoms with Crippen molar-refractivity contribution in [3.8, 4) is 5.69 Å². The Bertz CT molecular complexity index is 1220. The second-order valence-corrected chi connectivity index (χ2v) is 9.29. The summed E-state index contributed by atoms with van der Waals surface area (Å²) < 4.78 is 1.88. The maximum Gasteiger partial charge on any atom is 0.305 e. The Balaban J connectivity index is 1.55. The van der Waals surface area contributed by atoms with Crippen LogP contribution in [0.2, 0.25) is 10.0 Å². The van der Waals surface area contributed by atoms with Gasteiger partial charge < -0.3 is 19.5 Å². The van der Waals surface area contributed by atoms with E-state index in [1.54, 1.807) is 23.5 Å². The van der Waals surface area contributed by atoms with Crippen LogP contribution >= 0.6 is 23.2 Å². The van der Waals surface area contributed by atoms with E-state index in [9.17, 15) is 14.7 Å². The molecule has 0 bridgehead atoms. The van der Waals surface area contributed by atoms with Crippen molar-refractivity contribution in [3.63, 3.8) is 0 Å². The SMILES string of the molecule is O=C(O)C[C@@H]1CCCN1C(=O)[C@@H]1CCCN1c1cc(-n2ccnc2)c2ccc(Cl)c(Cl)c2n1. The van der Waals surface area contributed by atoms with E-state index >= 15 is 0 Å². The maximum atomic E-state index is 13.5. The topological polar surface area (TPSA) is 91.6 Å². The van der Waals surface area contributed by atoms with E-state index in [-0.39, 0.29) is 18.4 Å². The summed E-state index contributed by atoms with van der Waals surface area (Å²) in [4.78, 5) is 37.5. The Morgan fingerprint density at radius 1 is 1.15 bits per heavy atom. The van der Waals surface area contributed by atoms with Gasteiger partial charge in [0.1, 0.15) is 11.9 Å². The molecule has 2 saturated heterocycles. The predicted octanol–water partition coefficient (Wildman–Crippen LogP) is 4.16. The first kappa shape index (κ1) is 22.0. The number of aliphatic carboxylic acids is 1. The average molecular weight is 488 g/mol. The van der Waals surface area contributed by atoms with Crippen LogP contribution in [0.3, 0.4) is 0 Å². The smallest absolute Gasteiger partial charge is 0.305 e. The number of likely N-dealkylation sites (tertiary alicyclic amines) is 1. The van der Waals surface area contributed by atoms with Crippen LogP contribution in [0.5, 0.6) is 0 Å². The molecule has 2 aliphatic heterocycles. The van der Waals surface area contributed by atoms with Gasteiger partial charge in [0.15, 0.2) is 0 Å². The highest BCUT2D eigenvalue weighted by Gasteiger charge is 2.39. The number of fused-ring (bicyclic) bond motifs is 1. The lowest BCUT2D eigenvalue weighted by Gasteiger charge is -2.32. The molecule has 4 heterocycles. The zero-order valence-corrected chi connectivity index (χ0v) is 19.3. The quantitative estimate of drug-likeness (QED) is 0.580. The fourth-order valence-electron chi connectivity index (χ4n) is 4.99. The Morgan fingerprint density at radius 3 is 2.73 bits per heavy atom. The van der Waals surface area contributed by atoms with E-state index in [4.69, 9.17) is 28.2 Å². The largest absolute Gasteiger partial charge is 0.481 e. The van der Waals surface area contributed by atoms with Crippen LogP contribution < -0.4 is 4.90 Å².